The minimum Gasteiger partial charge on any atom is -0.481 e. The monoisotopic (exact) mass is 391 g/mol. The number of nitrogens with zero attached hydrogens (tertiary/aromatic N) is 1. The molecule has 3 rings (SSSR count). The minimum absolute atomic E-state index is 0.310. The van der Waals surface area contributed by atoms with Crippen LogP contribution >= 0.6 is 15.9 Å². The first kappa shape index (κ1) is 16.7. The van der Waals surface area contributed by atoms with Gasteiger partial charge < -0.3 is 10.4 Å². The molecule has 0 aliphatic heterocycles. The summed E-state index contributed by atoms with van der Waals surface area (Å²) in [5.74, 6) is -0.742. The number of H-pyrrole nitrogens is 1. The molecule has 1 heterocycles. The second kappa shape index (κ2) is 6.05. The van der Waals surface area contributed by atoms with Crippen LogP contribution in [0.15, 0.2) is 28.7 Å². The quantitative estimate of drug-likeness (QED) is 0.724. The average Bonchev–Trinajstić information content (AvgIpc) is 3.30. The molecule has 1 saturated carbocycles. The maximum Gasteiger partial charge on any atom is 0.313 e. The molecule has 1 fully saturated rings. The third kappa shape index (κ3) is 3.08. The number of aromatic nitrogens is 2. The van der Waals surface area contributed by atoms with Crippen molar-refractivity contribution in [2.45, 2.75) is 38.0 Å². The molecule has 0 bridgehead atoms. The van der Waals surface area contributed by atoms with Crippen molar-refractivity contribution in [2.75, 3.05) is 5.32 Å². The number of hydrogen-bond donors (Lipinski definition) is 3. The molecule has 24 heavy (non-hydrogen) atoms. The van der Waals surface area contributed by atoms with Crippen molar-refractivity contribution in [3.05, 3.63) is 45.7 Å². The number of aliphatic carboxylic acids is 1. The van der Waals surface area contributed by atoms with Crippen LogP contribution < -0.4 is 5.32 Å². The number of halogens is 1. The zero-order chi connectivity index (χ0) is 17.5. The number of nitrogens with one attached hydrogen (secondary N) is 2. The smallest absolute Gasteiger partial charge is 0.313 e. The lowest BCUT2D eigenvalue weighted by atomic mass is 9.85. The minimum atomic E-state index is -0.979. The fraction of sp³-hybridized carbons (Fsp3) is 0.353. The molecule has 6 nitrogen and oxygen atoms in total. The van der Waals surface area contributed by atoms with Gasteiger partial charge in [-0.1, -0.05) is 12.1 Å². The van der Waals surface area contributed by atoms with E-state index >= 15 is 0 Å². The number of aromatic amines is 1. The molecule has 1 aliphatic rings. The van der Waals surface area contributed by atoms with Gasteiger partial charge in [0, 0.05) is 11.6 Å². The lowest BCUT2D eigenvalue weighted by molar-refractivity contribution is -0.142. The standard InChI is InChI=1S/C17H18BrN3O3/c1-17(2,16(23)24)10-5-7-11(8-6-10)19-15(22)14-12(18)13(20-21-14)9-3-4-9/h5-9H,3-4H2,1-2H3,(H,19,22)(H,20,21)(H,23,24). The van der Waals surface area contributed by atoms with E-state index in [4.69, 9.17) is 0 Å². The zero-order valence-electron chi connectivity index (χ0n) is 13.4. The van der Waals surface area contributed by atoms with E-state index in [1.165, 1.54) is 0 Å². The molecular formula is C17H18BrN3O3. The van der Waals surface area contributed by atoms with E-state index in [0.29, 0.717) is 27.3 Å². The van der Waals surface area contributed by atoms with Crippen LogP contribution in [0, 0.1) is 0 Å². The third-order valence-corrected chi connectivity index (χ3v) is 5.14. The first-order chi connectivity index (χ1) is 11.3. The van der Waals surface area contributed by atoms with E-state index in [0.717, 1.165) is 18.5 Å². The van der Waals surface area contributed by atoms with Crippen molar-refractivity contribution in [2.24, 2.45) is 0 Å². The van der Waals surface area contributed by atoms with Crippen molar-refractivity contribution >= 4 is 33.5 Å². The molecule has 1 amide bonds. The van der Waals surface area contributed by atoms with Gasteiger partial charge in [-0.05, 0) is 60.3 Å². The first-order valence-electron chi connectivity index (χ1n) is 7.69. The van der Waals surface area contributed by atoms with Gasteiger partial charge in [-0.15, -0.1) is 0 Å². The molecule has 126 valence electrons. The van der Waals surface area contributed by atoms with Crippen LogP contribution in [0.3, 0.4) is 0 Å². The molecule has 0 unspecified atom stereocenters. The van der Waals surface area contributed by atoms with Gasteiger partial charge in [-0.3, -0.25) is 14.7 Å². The molecule has 0 saturated heterocycles. The van der Waals surface area contributed by atoms with E-state index in [2.05, 4.69) is 31.4 Å². The first-order valence-corrected chi connectivity index (χ1v) is 8.49. The van der Waals surface area contributed by atoms with Gasteiger partial charge in [-0.25, -0.2) is 0 Å². The van der Waals surface area contributed by atoms with Crippen molar-refractivity contribution in [3.63, 3.8) is 0 Å². The van der Waals surface area contributed by atoms with Crippen molar-refractivity contribution < 1.29 is 14.7 Å². The van der Waals surface area contributed by atoms with Crippen LogP contribution in [0.4, 0.5) is 5.69 Å². The van der Waals surface area contributed by atoms with E-state index in [-0.39, 0.29) is 5.91 Å². The van der Waals surface area contributed by atoms with Gasteiger partial charge in [0.15, 0.2) is 5.69 Å². The maximum absolute atomic E-state index is 12.4. The van der Waals surface area contributed by atoms with Crippen molar-refractivity contribution in [1.82, 2.24) is 10.2 Å². The molecule has 0 atom stereocenters. The number of amides is 1. The summed E-state index contributed by atoms with van der Waals surface area (Å²) < 4.78 is 0.714. The predicted octanol–water partition coefficient (Wildman–Crippen LogP) is 3.66. The Bertz CT molecular complexity index is 792. The topological polar surface area (TPSA) is 95.1 Å². The number of carbonyl (C=O) groups is 2. The summed E-state index contributed by atoms with van der Waals surface area (Å²) in [5, 5.41) is 19.0. The van der Waals surface area contributed by atoms with Crippen LogP contribution in [0.5, 0.6) is 0 Å². The SMILES string of the molecule is CC(C)(C(=O)O)c1ccc(NC(=O)c2n[nH]c(C3CC3)c2Br)cc1. The van der Waals surface area contributed by atoms with Crippen LogP contribution in [0.25, 0.3) is 0 Å². The summed E-state index contributed by atoms with van der Waals surface area (Å²) in [5.41, 5.74) is 1.58. The fourth-order valence-electron chi connectivity index (χ4n) is 2.42. The summed E-state index contributed by atoms with van der Waals surface area (Å²) >= 11 is 3.44. The normalized spacial score (nSPS) is 14.5. The van der Waals surface area contributed by atoms with Crippen LogP contribution in [0.1, 0.15) is 54.4 Å². The zero-order valence-corrected chi connectivity index (χ0v) is 15.0. The Balaban J connectivity index is 1.74. The van der Waals surface area contributed by atoms with Gasteiger partial charge in [0.25, 0.3) is 5.91 Å². The second-order valence-electron chi connectivity index (χ2n) is 6.54. The Kier molecular flexibility index (Phi) is 4.21. The molecule has 0 radical (unpaired) electrons. The lowest BCUT2D eigenvalue weighted by Gasteiger charge is -2.19. The highest BCUT2D eigenvalue weighted by Gasteiger charge is 2.31. The molecule has 0 spiro atoms. The maximum atomic E-state index is 12.4. The Morgan fingerprint density at radius 3 is 2.46 bits per heavy atom. The number of carboxylic acid groups (broad SMARTS) is 1. The number of carboxylic acids is 1. The molecule has 3 N–H and O–H groups in total. The number of benzene rings is 1. The van der Waals surface area contributed by atoms with E-state index in [1.54, 1.807) is 38.1 Å². The Morgan fingerprint density at radius 1 is 1.29 bits per heavy atom. The van der Waals surface area contributed by atoms with Crippen molar-refractivity contribution in [1.29, 1.82) is 0 Å². The Labute approximate surface area is 147 Å². The van der Waals surface area contributed by atoms with Gasteiger partial charge in [0.2, 0.25) is 0 Å². The highest BCUT2D eigenvalue weighted by atomic mass is 79.9. The van der Waals surface area contributed by atoms with Crippen LogP contribution in [-0.2, 0) is 10.2 Å². The molecule has 1 aliphatic carbocycles. The van der Waals surface area contributed by atoms with Gasteiger partial charge >= 0.3 is 5.97 Å². The van der Waals surface area contributed by atoms with E-state index in [9.17, 15) is 14.7 Å². The van der Waals surface area contributed by atoms with E-state index < -0.39 is 11.4 Å². The molecule has 7 heteroatoms. The summed E-state index contributed by atoms with van der Waals surface area (Å²) in [6.07, 6.45) is 2.23. The summed E-state index contributed by atoms with van der Waals surface area (Å²) in [6, 6.07) is 6.80. The summed E-state index contributed by atoms with van der Waals surface area (Å²) in [4.78, 5) is 23.6. The molecule has 2 aromatic rings. The van der Waals surface area contributed by atoms with Gasteiger partial charge in [0.1, 0.15) is 0 Å². The molecular weight excluding hydrogens is 374 g/mol. The fourth-order valence-corrected chi connectivity index (χ4v) is 3.10. The summed E-state index contributed by atoms with van der Waals surface area (Å²) in [6.45, 7) is 3.28. The highest BCUT2D eigenvalue weighted by Crippen LogP contribution is 2.43. The Morgan fingerprint density at radius 2 is 1.92 bits per heavy atom. The average molecular weight is 392 g/mol. The third-order valence-electron chi connectivity index (χ3n) is 4.33. The van der Waals surface area contributed by atoms with E-state index in [1.807, 2.05) is 0 Å². The highest BCUT2D eigenvalue weighted by molar-refractivity contribution is 9.10. The number of carbonyl (C=O) groups excluding carboxylic acids is 1. The number of hydrogen-bond acceptors (Lipinski definition) is 3. The van der Waals surface area contributed by atoms with Gasteiger partial charge in [0.05, 0.1) is 15.6 Å². The summed E-state index contributed by atoms with van der Waals surface area (Å²) in [7, 11) is 0. The molecule has 1 aromatic heterocycles. The molecule has 1 aromatic carbocycles. The second-order valence-corrected chi connectivity index (χ2v) is 7.33. The van der Waals surface area contributed by atoms with Crippen LogP contribution in [0.2, 0.25) is 0 Å². The number of rotatable bonds is 5. The van der Waals surface area contributed by atoms with Crippen LogP contribution in [-0.4, -0.2) is 27.2 Å². The predicted molar refractivity (Wildman–Crippen MR) is 93.3 cm³/mol. The lowest BCUT2D eigenvalue weighted by Crippen LogP contribution is -2.28. The largest absolute Gasteiger partial charge is 0.481 e. The van der Waals surface area contributed by atoms with Gasteiger partial charge in [-0.2, -0.15) is 5.10 Å². The number of anilines is 1. The Hall–Kier alpha value is -2.15. The van der Waals surface area contributed by atoms with Crippen molar-refractivity contribution in [3.8, 4) is 0 Å².